The average molecular weight is 607 g/mol. The molecule has 230 valence electrons. The number of barbiturate groups is 1. The third kappa shape index (κ3) is 5.26. The smallest absolute Gasteiger partial charge is 0.335 e. The first-order valence-electron chi connectivity index (χ1n) is 15.4. The molecule has 9 heteroatoms. The lowest BCUT2D eigenvalue weighted by molar-refractivity contribution is -0.122. The van der Waals surface area contributed by atoms with Crippen molar-refractivity contribution in [3.05, 3.63) is 94.6 Å². The first-order valence-corrected chi connectivity index (χ1v) is 15.4. The average Bonchev–Trinajstić information content (AvgIpc) is 3.02. The Labute approximate surface area is 260 Å². The van der Waals surface area contributed by atoms with Gasteiger partial charge in [0, 0.05) is 5.56 Å². The minimum absolute atomic E-state index is 0.0124. The molecule has 0 unspecified atom stereocenters. The molecule has 5 fully saturated rings. The molecule has 1 aliphatic heterocycles. The molecule has 1 heterocycles. The Bertz CT molecular complexity index is 1710. The van der Waals surface area contributed by atoms with Crippen molar-refractivity contribution in [1.82, 2.24) is 5.32 Å². The number of aromatic carboxylic acids is 1. The zero-order chi connectivity index (χ0) is 31.3. The predicted octanol–water partition coefficient (Wildman–Crippen LogP) is 6.11. The van der Waals surface area contributed by atoms with Gasteiger partial charge in [-0.3, -0.25) is 14.9 Å². The number of carboxylic acid groups (broad SMARTS) is 1. The van der Waals surface area contributed by atoms with E-state index >= 15 is 0 Å². The van der Waals surface area contributed by atoms with Gasteiger partial charge in [-0.1, -0.05) is 36.4 Å². The number of nitrogens with zero attached hydrogens (tertiary/aromatic N) is 1. The largest absolute Gasteiger partial charge is 0.493 e. The number of rotatable bonds is 8. The van der Waals surface area contributed by atoms with E-state index in [1.807, 2.05) is 12.1 Å². The Morgan fingerprint density at radius 2 is 1.62 bits per heavy atom. The fourth-order valence-corrected chi connectivity index (χ4v) is 8.39. The topological polar surface area (TPSA) is 122 Å². The summed E-state index contributed by atoms with van der Waals surface area (Å²) in [6.45, 7) is 0.0124. The van der Waals surface area contributed by atoms with E-state index in [0.29, 0.717) is 22.6 Å². The third-order valence-electron chi connectivity index (χ3n) is 9.96. The van der Waals surface area contributed by atoms with Crippen LogP contribution in [0.2, 0.25) is 0 Å². The summed E-state index contributed by atoms with van der Waals surface area (Å²) in [6, 6.07) is 18.3. The molecule has 4 bridgehead atoms. The quantitative estimate of drug-likeness (QED) is 0.234. The van der Waals surface area contributed by atoms with Gasteiger partial charge in [0.25, 0.3) is 11.8 Å². The Kier molecular flexibility index (Phi) is 7.19. The molecular formula is C36H34N2O7. The second kappa shape index (κ2) is 11.2. The van der Waals surface area contributed by atoms with Crippen molar-refractivity contribution in [2.75, 3.05) is 12.0 Å². The van der Waals surface area contributed by atoms with Crippen LogP contribution < -0.4 is 19.7 Å². The first-order chi connectivity index (χ1) is 21.7. The molecular weight excluding hydrogens is 572 g/mol. The normalized spacial score (nSPS) is 26.2. The van der Waals surface area contributed by atoms with Crippen molar-refractivity contribution in [3.8, 4) is 11.5 Å². The van der Waals surface area contributed by atoms with Gasteiger partial charge in [0.15, 0.2) is 11.5 Å². The maximum atomic E-state index is 13.8. The number of urea groups is 1. The molecule has 0 atom stereocenters. The van der Waals surface area contributed by atoms with Gasteiger partial charge >= 0.3 is 12.0 Å². The summed E-state index contributed by atoms with van der Waals surface area (Å²) < 4.78 is 11.5. The zero-order valence-corrected chi connectivity index (χ0v) is 25.0. The SMILES string of the molecule is COc1cccc(/C=C2\C(=O)NC(=O)N(c3ccc(C45CC6CC(CC(C6)C4)C5)cc3)C2=O)c1OCc1cccc(C(=O)O)c1. The number of carbonyl (C=O) groups excluding carboxylic acids is 3. The number of carboxylic acids is 1. The van der Waals surface area contributed by atoms with Crippen LogP contribution in [0.4, 0.5) is 10.5 Å². The maximum absolute atomic E-state index is 13.8. The van der Waals surface area contributed by atoms with Gasteiger partial charge in [0.05, 0.1) is 18.4 Å². The molecule has 8 rings (SSSR count). The highest BCUT2D eigenvalue weighted by atomic mass is 16.5. The van der Waals surface area contributed by atoms with E-state index in [0.717, 1.165) is 22.7 Å². The fourth-order valence-electron chi connectivity index (χ4n) is 8.39. The summed E-state index contributed by atoms with van der Waals surface area (Å²) in [7, 11) is 1.47. The van der Waals surface area contributed by atoms with Gasteiger partial charge in [0.2, 0.25) is 0 Å². The van der Waals surface area contributed by atoms with E-state index in [-0.39, 0.29) is 28.9 Å². The van der Waals surface area contributed by atoms with Gasteiger partial charge in [-0.2, -0.15) is 0 Å². The van der Waals surface area contributed by atoms with E-state index in [9.17, 15) is 24.3 Å². The number of benzene rings is 3. The second-order valence-electron chi connectivity index (χ2n) is 12.9. The molecule has 9 nitrogen and oxygen atoms in total. The number of hydrogen-bond donors (Lipinski definition) is 2. The summed E-state index contributed by atoms with van der Waals surface area (Å²) in [5.41, 5.74) is 2.73. The molecule has 0 radical (unpaired) electrons. The van der Waals surface area contributed by atoms with Crippen LogP contribution in [0.25, 0.3) is 6.08 Å². The van der Waals surface area contributed by atoms with Crippen LogP contribution in [-0.4, -0.2) is 36.0 Å². The van der Waals surface area contributed by atoms with E-state index in [4.69, 9.17) is 9.47 Å². The van der Waals surface area contributed by atoms with Crippen LogP contribution in [0.1, 0.15) is 65.6 Å². The number of hydrogen-bond acceptors (Lipinski definition) is 6. The zero-order valence-electron chi connectivity index (χ0n) is 25.0. The molecule has 3 aromatic carbocycles. The second-order valence-corrected chi connectivity index (χ2v) is 12.9. The van der Waals surface area contributed by atoms with E-state index in [2.05, 4.69) is 17.4 Å². The van der Waals surface area contributed by atoms with Crippen molar-refractivity contribution in [1.29, 1.82) is 0 Å². The number of methoxy groups -OCH3 is 1. The van der Waals surface area contributed by atoms with E-state index in [1.165, 1.54) is 69.4 Å². The Hall–Kier alpha value is -4.92. The standard InChI is InChI=1S/C36H34N2O7/c1-44-30-7-3-5-25(31(30)45-20-21-4-2-6-26(15-21)34(41)42)16-29-32(39)37-35(43)38(33(29)40)28-10-8-27(9-11-28)36-17-22-12-23(18-36)14-24(13-22)19-36/h2-11,15-16,22-24H,12-14,17-20H2,1H3,(H,41,42)(H,37,39,43)/b29-16+. The molecule has 4 aliphatic carbocycles. The van der Waals surface area contributed by atoms with E-state index in [1.54, 1.807) is 30.3 Å². The molecule has 45 heavy (non-hydrogen) atoms. The molecule has 5 aliphatic rings. The van der Waals surface area contributed by atoms with Crippen molar-refractivity contribution in [2.45, 2.75) is 50.5 Å². The predicted molar refractivity (Wildman–Crippen MR) is 166 cm³/mol. The van der Waals surface area contributed by atoms with Gasteiger partial charge in [0.1, 0.15) is 12.2 Å². The Balaban J connectivity index is 1.16. The summed E-state index contributed by atoms with van der Waals surface area (Å²) in [5, 5.41) is 11.6. The number of ether oxygens (including phenoxy) is 2. The minimum atomic E-state index is -1.05. The van der Waals surface area contributed by atoms with Crippen molar-refractivity contribution in [3.63, 3.8) is 0 Å². The maximum Gasteiger partial charge on any atom is 0.335 e. The molecule has 3 aromatic rings. The first kappa shape index (κ1) is 28.8. The molecule has 4 amide bonds. The number of imide groups is 2. The molecule has 1 saturated heterocycles. The molecule has 4 saturated carbocycles. The number of carbonyl (C=O) groups is 4. The van der Waals surface area contributed by atoms with Crippen molar-refractivity contribution >= 4 is 35.6 Å². The Morgan fingerprint density at radius 1 is 0.956 bits per heavy atom. The van der Waals surface area contributed by atoms with E-state index < -0.39 is 23.8 Å². The summed E-state index contributed by atoms with van der Waals surface area (Å²) in [4.78, 5) is 52.1. The monoisotopic (exact) mass is 606 g/mol. The lowest BCUT2D eigenvalue weighted by Gasteiger charge is -2.57. The van der Waals surface area contributed by atoms with Crippen LogP contribution in [0.5, 0.6) is 11.5 Å². The third-order valence-corrected chi connectivity index (χ3v) is 9.96. The Morgan fingerprint density at radius 3 is 2.27 bits per heavy atom. The number of nitrogens with one attached hydrogen (secondary N) is 1. The van der Waals surface area contributed by atoms with Crippen LogP contribution in [0.3, 0.4) is 0 Å². The molecule has 0 aromatic heterocycles. The van der Waals surface area contributed by atoms with Gasteiger partial charge in [-0.05, 0) is 109 Å². The van der Waals surface area contributed by atoms with Crippen LogP contribution >= 0.6 is 0 Å². The summed E-state index contributed by atoms with van der Waals surface area (Å²) >= 11 is 0. The summed E-state index contributed by atoms with van der Waals surface area (Å²) in [5.74, 6) is 0.401. The van der Waals surface area contributed by atoms with Crippen LogP contribution in [-0.2, 0) is 21.6 Å². The lowest BCUT2D eigenvalue weighted by atomic mass is 9.48. The van der Waals surface area contributed by atoms with Gasteiger partial charge in [-0.25, -0.2) is 14.5 Å². The fraction of sp³-hybridized carbons (Fsp3) is 0.333. The summed E-state index contributed by atoms with van der Waals surface area (Å²) in [6.07, 6.45) is 9.05. The van der Waals surface area contributed by atoms with Crippen LogP contribution in [0.15, 0.2) is 72.3 Å². The minimum Gasteiger partial charge on any atom is -0.493 e. The van der Waals surface area contributed by atoms with Gasteiger partial charge in [-0.15, -0.1) is 0 Å². The lowest BCUT2D eigenvalue weighted by Crippen LogP contribution is -2.54. The molecule has 0 spiro atoms. The number of anilines is 1. The highest BCUT2D eigenvalue weighted by Gasteiger charge is 2.51. The van der Waals surface area contributed by atoms with Crippen molar-refractivity contribution < 1.29 is 33.8 Å². The number of amides is 4. The highest BCUT2D eigenvalue weighted by Crippen LogP contribution is 2.60. The molecule has 2 N–H and O–H groups in total. The number of para-hydroxylation sites is 1. The highest BCUT2D eigenvalue weighted by molar-refractivity contribution is 6.39. The van der Waals surface area contributed by atoms with Crippen LogP contribution in [0, 0.1) is 17.8 Å². The van der Waals surface area contributed by atoms with Gasteiger partial charge < -0.3 is 14.6 Å². The van der Waals surface area contributed by atoms with Crippen molar-refractivity contribution in [2.24, 2.45) is 17.8 Å².